The summed E-state index contributed by atoms with van der Waals surface area (Å²) in [4.78, 5) is 5.44. The van der Waals surface area contributed by atoms with Crippen molar-refractivity contribution in [2.75, 3.05) is 20.1 Å². The number of rotatable bonds is 6. The van der Waals surface area contributed by atoms with Crippen molar-refractivity contribution < 1.29 is 0 Å². The predicted molar refractivity (Wildman–Crippen MR) is 64.8 cm³/mol. The van der Waals surface area contributed by atoms with Crippen molar-refractivity contribution in [1.29, 1.82) is 0 Å². The summed E-state index contributed by atoms with van der Waals surface area (Å²) in [6, 6.07) is 2.62. The van der Waals surface area contributed by atoms with Crippen LogP contribution in [0.2, 0.25) is 0 Å². The lowest BCUT2D eigenvalue weighted by molar-refractivity contribution is 0.200. The highest BCUT2D eigenvalue weighted by atomic mass is 15.1. The molecule has 3 nitrogen and oxygen atoms in total. The normalized spacial score (nSPS) is 13.7. The first kappa shape index (κ1) is 12.3. The number of likely N-dealkylation sites (N-methyl/N-ethyl adjacent to an activating group) is 1. The minimum absolute atomic E-state index is 0.490. The molecule has 0 aromatic carbocycles. The Balaban J connectivity index is 2.37. The molecule has 0 aliphatic rings. The minimum atomic E-state index is 0.490. The molecule has 0 radical (unpaired) electrons. The van der Waals surface area contributed by atoms with Crippen LogP contribution in [0.5, 0.6) is 0 Å². The maximum atomic E-state index is 5.78. The second-order valence-electron chi connectivity index (χ2n) is 4.50. The number of hydrogen-bond acceptors (Lipinski definition) is 2. The number of nitrogens with one attached hydrogen (secondary N) is 1. The Morgan fingerprint density at radius 3 is 2.67 bits per heavy atom. The Kier molecular flexibility index (Phi) is 4.85. The SMILES string of the molecule is CC(C)C(CN)N(C)CCc1cc[nH]c1. The first-order valence-electron chi connectivity index (χ1n) is 5.67. The second-order valence-corrected chi connectivity index (χ2v) is 4.50. The van der Waals surface area contributed by atoms with Crippen LogP contribution in [0.1, 0.15) is 19.4 Å². The molecule has 15 heavy (non-hydrogen) atoms. The third-order valence-corrected chi connectivity index (χ3v) is 2.99. The fourth-order valence-corrected chi connectivity index (χ4v) is 1.95. The predicted octanol–water partition coefficient (Wildman–Crippen LogP) is 1.47. The van der Waals surface area contributed by atoms with Gasteiger partial charge >= 0.3 is 0 Å². The zero-order valence-corrected chi connectivity index (χ0v) is 10.0. The van der Waals surface area contributed by atoms with Crippen LogP contribution in [0.25, 0.3) is 0 Å². The summed E-state index contributed by atoms with van der Waals surface area (Å²) < 4.78 is 0. The van der Waals surface area contributed by atoms with Gasteiger partial charge in [0.1, 0.15) is 0 Å². The maximum Gasteiger partial charge on any atom is 0.0238 e. The highest BCUT2D eigenvalue weighted by molar-refractivity contribution is 5.08. The van der Waals surface area contributed by atoms with Gasteiger partial charge in [-0.1, -0.05) is 13.8 Å². The van der Waals surface area contributed by atoms with Gasteiger partial charge in [0, 0.05) is 31.5 Å². The zero-order chi connectivity index (χ0) is 11.3. The molecule has 1 heterocycles. The van der Waals surface area contributed by atoms with E-state index in [1.54, 1.807) is 0 Å². The molecule has 86 valence electrons. The van der Waals surface area contributed by atoms with Gasteiger partial charge in [0.25, 0.3) is 0 Å². The summed E-state index contributed by atoms with van der Waals surface area (Å²) in [6.45, 7) is 6.26. The van der Waals surface area contributed by atoms with Crippen molar-refractivity contribution in [3.63, 3.8) is 0 Å². The molecule has 0 amide bonds. The minimum Gasteiger partial charge on any atom is -0.367 e. The van der Waals surface area contributed by atoms with Crippen LogP contribution in [-0.2, 0) is 6.42 Å². The molecule has 0 aliphatic heterocycles. The van der Waals surface area contributed by atoms with E-state index in [1.165, 1.54) is 5.56 Å². The summed E-state index contributed by atoms with van der Waals surface area (Å²) in [7, 11) is 2.16. The van der Waals surface area contributed by atoms with E-state index in [9.17, 15) is 0 Å². The molecule has 1 rings (SSSR count). The standard InChI is InChI=1S/C12H23N3/c1-10(2)12(8-13)15(3)7-5-11-4-6-14-9-11/h4,6,9-10,12,14H,5,7-8,13H2,1-3H3. The van der Waals surface area contributed by atoms with Crippen LogP contribution in [-0.4, -0.2) is 36.1 Å². The molecule has 0 fully saturated rings. The summed E-state index contributed by atoms with van der Waals surface area (Å²) in [5, 5.41) is 0. The molecule has 3 N–H and O–H groups in total. The summed E-state index contributed by atoms with van der Waals surface area (Å²) in [5.41, 5.74) is 7.14. The summed E-state index contributed by atoms with van der Waals surface area (Å²) >= 11 is 0. The van der Waals surface area contributed by atoms with E-state index in [1.807, 2.05) is 6.20 Å². The van der Waals surface area contributed by atoms with Crippen molar-refractivity contribution in [2.45, 2.75) is 26.3 Å². The van der Waals surface area contributed by atoms with E-state index in [4.69, 9.17) is 5.73 Å². The number of H-pyrrole nitrogens is 1. The van der Waals surface area contributed by atoms with Crippen molar-refractivity contribution >= 4 is 0 Å². The molecule has 1 atom stereocenters. The summed E-state index contributed by atoms with van der Waals surface area (Å²) in [5.74, 6) is 0.617. The Labute approximate surface area is 92.7 Å². The van der Waals surface area contributed by atoms with E-state index < -0.39 is 0 Å². The lowest BCUT2D eigenvalue weighted by atomic mass is 10.0. The number of nitrogens with zero attached hydrogens (tertiary/aromatic N) is 1. The van der Waals surface area contributed by atoms with Gasteiger partial charge in [-0.05, 0) is 31.0 Å². The Morgan fingerprint density at radius 2 is 2.20 bits per heavy atom. The van der Waals surface area contributed by atoms with Gasteiger partial charge in [-0.25, -0.2) is 0 Å². The highest BCUT2D eigenvalue weighted by Gasteiger charge is 2.16. The smallest absolute Gasteiger partial charge is 0.0238 e. The van der Waals surface area contributed by atoms with Gasteiger partial charge in [0.2, 0.25) is 0 Å². The molecule has 0 aliphatic carbocycles. The topological polar surface area (TPSA) is 45.0 Å². The highest BCUT2D eigenvalue weighted by Crippen LogP contribution is 2.08. The molecule has 0 saturated heterocycles. The van der Waals surface area contributed by atoms with Crippen LogP contribution in [0.4, 0.5) is 0 Å². The van der Waals surface area contributed by atoms with Gasteiger partial charge in [-0.2, -0.15) is 0 Å². The van der Waals surface area contributed by atoms with Crippen LogP contribution in [0.15, 0.2) is 18.5 Å². The maximum absolute atomic E-state index is 5.78. The molecule has 3 heteroatoms. The Morgan fingerprint density at radius 1 is 1.47 bits per heavy atom. The van der Waals surface area contributed by atoms with Crippen molar-refractivity contribution in [3.8, 4) is 0 Å². The molecular formula is C12H23N3. The molecule has 0 spiro atoms. The van der Waals surface area contributed by atoms with Gasteiger partial charge in [0.15, 0.2) is 0 Å². The molecule has 0 saturated carbocycles. The van der Waals surface area contributed by atoms with E-state index in [0.29, 0.717) is 12.0 Å². The van der Waals surface area contributed by atoms with Crippen LogP contribution in [0.3, 0.4) is 0 Å². The Bertz CT molecular complexity index is 254. The third-order valence-electron chi connectivity index (χ3n) is 2.99. The number of aromatic nitrogens is 1. The summed E-state index contributed by atoms with van der Waals surface area (Å²) in [6.07, 6.45) is 5.11. The quantitative estimate of drug-likeness (QED) is 0.745. The fourth-order valence-electron chi connectivity index (χ4n) is 1.95. The molecule has 0 bridgehead atoms. The van der Waals surface area contributed by atoms with Gasteiger partial charge in [-0.15, -0.1) is 0 Å². The average Bonchev–Trinajstić information content (AvgIpc) is 2.67. The van der Waals surface area contributed by atoms with Crippen LogP contribution < -0.4 is 5.73 Å². The average molecular weight is 209 g/mol. The fraction of sp³-hybridized carbons (Fsp3) is 0.667. The second kappa shape index (κ2) is 5.93. The van der Waals surface area contributed by atoms with E-state index >= 15 is 0 Å². The van der Waals surface area contributed by atoms with Crippen molar-refractivity contribution in [2.24, 2.45) is 11.7 Å². The van der Waals surface area contributed by atoms with Gasteiger partial charge in [-0.3, -0.25) is 0 Å². The van der Waals surface area contributed by atoms with Gasteiger partial charge < -0.3 is 15.6 Å². The lowest BCUT2D eigenvalue weighted by Crippen LogP contribution is -2.42. The number of aromatic amines is 1. The zero-order valence-electron chi connectivity index (χ0n) is 10.0. The first-order valence-corrected chi connectivity index (χ1v) is 5.67. The number of hydrogen-bond donors (Lipinski definition) is 2. The van der Waals surface area contributed by atoms with Crippen LogP contribution >= 0.6 is 0 Å². The molecule has 1 aromatic rings. The third kappa shape index (κ3) is 3.68. The van der Waals surface area contributed by atoms with Gasteiger partial charge in [0.05, 0.1) is 0 Å². The lowest BCUT2D eigenvalue weighted by Gasteiger charge is -2.29. The van der Waals surface area contributed by atoms with Crippen molar-refractivity contribution in [1.82, 2.24) is 9.88 Å². The molecule has 1 aromatic heterocycles. The van der Waals surface area contributed by atoms with Crippen LogP contribution in [0, 0.1) is 5.92 Å². The van der Waals surface area contributed by atoms with E-state index in [2.05, 4.69) is 43.0 Å². The van der Waals surface area contributed by atoms with E-state index in [-0.39, 0.29) is 0 Å². The number of nitrogens with two attached hydrogens (primary N) is 1. The van der Waals surface area contributed by atoms with Crippen molar-refractivity contribution in [3.05, 3.63) is 24.0 Å². The largest absolute Gasteiger partial charge is 0.367 e. The van der Waals surface area contributed by atoms with E-state index in [0.717, 1.165) is 19.5 Å². The Hall–Kier alpha value is -0.800. The molecule has 1 unspecified atom stereocenters. The molecular weight excluding hydrogens is 186 g/mol. The monoisotopic (exact) mass is 209 g/mol. The first-order chi connectivity index (χ1) is 7.15.